The van der Waals surface area contributed by atoms with Crippen molar-refractivity contribution in [2.24, 2.45) is 10.9 Å². The molecule has 0 saturated carbocycles. The van der Waals surface area contributed by atoms with Gasteiger partial charge in [-0.15, -0.1) is 0 Å². The van der Waals surface area contributed by atoms with Crippen molar-refractivity contribution < 1.29 is 24.2 Å². The Kier molecular flexibility index (Phi) is 4.34. The summed E-state index contributed by atoms with van der Waals surface area (Å²) >= 11 is 0. The molecule has 0 aromatic carbocycles. The standard InChI is InChI=1S/C10H17N3O5/c11-9(12-15)7-5-13(1-2-17-7)10(14)8-6-16-3-4-18-8/h7-8,15H,1-6H2,(H2,11,12). The monoisotopic (exact) mass is 259 g/mol. The molecule has 2 saturated heterocycles. The number of amidine groups is 1. The highest BCUT2D eigenvalue weighted by Crippen LogP contribution is 2.11. The van der Waals surface area contributed by atoms with Gasteiger partial charge >= 0.3 is 0 Å². The highest BCUT2D eigenvalue weighted by molar-refractivity contribution is 5.86. The van der Waals surface area contributed by atoms with Crippen LogP contribution in [0.2, 0.25) is 0 Å². The van der Waals surface area contributed by atoms with Crippen LogP contribution in [0.1, 0.15) is 0 Å². The summed E-state index contributed by atoms with van der Waals surface area (Å²) in [6.07, 6.45) is -1.14. The fourth-order valence-corrected chi connectivity index (χ4v) is 1.93. The van der Waals surface area contributed by atoms with Crippen molar-refractivity contribution in [2.45, 2.75) is 12.2 Å². The molecule has 3 N–H and O–H groups in total. The number of hydrogen-bond acceptors (Lipinski definition) is 6. The van der Waals surface area contributed by atoms with Gasteiger partial charge in [0.1, 0.15) is 6.10 Å². The number of oxime groups is 1. The SMILES string of the molecule is NC(=NO)C1CN(C(=O)C2COCCO2)CCO1. The average molecular weight is 259 g/mol. The first-order valence-electron chi connectivity index (χ1n) is 5.79. The smallest absolute Gasteiger partial charge is 0.254 e. The lowest BCUT2D eigenvalue weighted by Gasteiger charge is -2.35. The molecule has 2 rings (SSSR count). The van der Waals surface area contributed by atoms with Crippen LogP contribution in [-0.4, -0.2) is 73.6 Å². The van der Waals surface area contributed by atoms with E-state index in [1.165, 1.54) is 0 Å². The van der Waals surface area contributed by atoms with Gasteiger partial charge in [-0.25, -0.2) is 0 Å². The van der Waals surface area contributed by atoms with E-state index in [9.17, 15) is 4.79 Å². The number of ether oxygens (including phenoxy) is 3. The zero-order valence-corrected chi connectivity index (χ0v) is 9.95. The third-order valence-corrected chi connectivity index (χ3v) is 2.91. The third-order valence-electron chi connectivity index (χ3n) is 2.91. The molecule has 0 aromatic rings. The first kappa shape index (κ1) is 13.1. The van der Waals surface area contributed by atoms with Crippen molar-refractivity contribution in [1.82, 2.24) is 4.90 Å². The maximum absolute atomic E-state index is 12.1. The van der Waals surface area contributed by atoms with Crippen LogP contribution in [0.3, 0.4) is 0 Å². The number of nitrogens with zero attached hydrogens (tertiary/aromatic N) is 2. The van der Waals surface area contributed by atoms with Gasteiger partial charge < -0.3 is 30.1 Å². The van der Waals surface area contributed by atoms with E-state index in [2.05, 4.69) is 5.16 Å². The Bertz CT molecular complexity index is 329. The second-order valence-corrected chi connectivity index (χ2v) is 4.10. The molecular weight excluding hydrogens is 242 g/mol. The molecule has 18 heavy (non-hydrogen) atoms. The Balaban J connectivity index is 1.93. The Morgan fingerprint density at radius 1 is 1.28 bits per heavy atom. The highest BCUT2D eigenvalue weighted by Gasteiger charge is 2.32. The second kappa shape index (κ2) is 5.98. The van der Waals surface area contributed by atoms with Gasteiger partial charge in [-0.2, -0.15) is 0 Å². The molecule has 8 nitrogen and oxygen atoms in total. The third kappa shape index (κ3) is 2.89. The summed E-state index contributed by atoms with van der Waals surface area (Å²) in [7, 11) is 0. The molecule has 2 atom stereocenters. The van der Waals surface area contributed by atoms with Crippen LogP contribution in [0.5, 0.6) is 0 Å². The molecule has 2 aliphatic rings. The molecule has 1 amide bonds. The van der Waals surface area contributed by atoms with E-state index in [-0.39, 0.29) is 24.9 Å². The lowest BCUT2D eigenvalue weighted by molar-refractivity contribution is -0.162. The lowest BCUT2D eigenvalue weighted by Crippen LogP contribution is -2.54. The molecule has 2 unspecified atom stereocenters. The van der Waals surface area contributed by atoms with Gasteiger partial charge in [-0.3, -0.25) is 4.79 Å². The molecule has 0 radical (unpaired) electrons. The van der Waals surface area contributed by atoms with Crippen LogP contribution in [0.25, 0.3) is 0 Å². The van der Waals surface area contributed by atoms with Gasteiger partial charge in [0.05, 0.1) is 33.0 Å². The van der Waals surface area contributed by atoms with Crippen LogP contribution >= 0.6 is 0 Å². The van der Waals surface area contributed by atoms with E-state index < -0.39 is 12.2 Å². The Hall–Kier alpha value is -1.38. The maximum atomic E-state index is 12.1. The summed E-state index contributed by atoms with van der Waals surface area (Å²) < 4.78 is 15.9. The number of carbonyl (C=O) groups excluding carboxylic acids is 1. The predicted octanol–water partition coefficient (Wildman–Crippen LogP) is -1.62. The van der Waals surface area contributed by atoms with Crippen molar-refractivity contribution >= 4 is 11.7 Å². The number of rotatable bonds is 2. The summed E-state index contributed by atoms with van der Waals surface area (Å²) in [5, 5.41) is 11.5. The quantitative estimate of drug-likeness (QED) is 0.267. The number of hydrogen-bond donors (Lipinski definition) is 2. The number of amides is 1. The summed E-state index contributed by atoms with van der Waals surface area (Å²) in [6.45, 7) is 2.27. The van der Waals surface area contributed by atoms with E-state index in [1.54, 1.807) is 4.90 Å². The molecule has 102 valence electrons. The predicted molar refractivity (Wildman–Crippen MR) is 60.3 cm³/mol. The minimum absolute atomic E-state index is 0.0340. The fourth-order valence-electron chi connectivity index (χ4n) is 1.93. The van der Waals surface area contributed by atoms with Crippen molar-refractivity contribution in [3.8, 4) is 0 Å². The van der Waals surface area contributed by atoms with Gasteiger partial charge in [0.15, 0.2) is 11.9 Å². The number of morpholine rings is 1. The lowest BCUT2D eigenvalue weighted by atomic mass is 10.2. The van der Waals surface area contributed by atoms with Crippen molar-refractivity contribution in [3.05, 3.63) is 0 Å². The van der Waals surface area contributed by atoms with Crippen LogP contribution in [0.4, 0.5) is 0 Å². The summed E-state index contributed by atoms with van der Waals surface area (Å²) in [5.74, 6) is -0.179. The Labute approximate surface area is 104 Å². The molecule has 0 aromatic heterocycles. The molecule has 8 heteroatoms. The van der Waals surface area contributed by atoms with Crippen molar-refractivity contribution in [2.75, 3.05) is 39.5 Å². The largest absolute Gasteiger partial charge is 0.409 e. The van der Waals surface area contributed by atoms with Gasteiger partial charge in [0, 0.05) is 6.54 Å². The Morgan fingerprint density at radius 2 is 2.06 bits per heavy atom. The van der Waals surface area contributed by atoms with Gasteiger partial charge in [-0.1, -0.05) is 5.16 Å². The van der Waals surface area contributed by atoms with E-state index in [1.807, 2.05) is 0 Å². The van der Waals surface area contributed by atoms with Crippen molar-refractivity contribution in [3.63, 3.8) is 0 Å². The maximum Gasteiger partial charge on any atom is 0.254 e. The minimum atomic E-state index is -0.572. The van der Waals surface area contributed by atoms with E-state index in [0.717, 1.165) is 0 Å². The van der Waals surface area contributed by atoms with Crippen molar-refractivity contribution in [1.29, 1.82) is 0 Å². The average Bonchev–Trinajstić information content (AvgIpc) is 2.46. The second-order valence-electron chi connectivity index (χ2n) is 4.10. The first-order valence-corrected chi connectivity index (χ1v) is 5.79. The van der Waals surface area contributed by atoms with Crippen LogP contribution in [0.15, 0.2) is 5.16 Å². The van der Waals surface area contributed by atoms with Gasteiger partial charge in [0.25, 0.3) is 5.91 Å². The molecule has 2 fully saturated rings. The summed E-state index contributed by atoms with van der Waals surface area (Å²) in [4.78, 5) is 13.7. The van der Waals surface area contributed by atoms with Gasteiger partial charge in [0.2, 0.25) is 0 Å². The van der Waals surface area contributed by atoms with E-state index in [4.69, 9.17) is 25.2 Å². The molecule has 2 aliphatic heterocycles. The molecule has 0 spiro atoms. The van der Waals surface area contributed by atoms with Crippen LogP contribution in [0, 0.1) is 0 Å². The Morgan fingerprint density at radius 3 is 2.72 bits per heavy atom. The number of nitrogens with two attached hydrogens (primary N) is 1. The zero-order chi connectivity index (χ0) is 13.0. The molecule has 2 heterocycles. The minimum Gasteiger partial charge on any atom is -0.409 e. The highest BCUT2D eigenvalue weighted by atomic mass is 16.6. The summed E-state index contributed by atoms with van der Waals surface area (Å²) in [5.41, 5.74) is 5.47. The fraction of sp³-hybridized carbons (Fsp3) is 0.800. The van der Waals surface area contributed by atoms with Gasteiger partial charge in [-0.05, 0) is 0 Å². The molecule has 0 aliphatic carbocycles. The van der Waals surface area contributed by atoms with E-state index in [0.29, 0.717) is 26.4 Å². The molecular formula is C10H17N3O5. The van der Waals surface area contributed by atoms with Crippen LogP contribution in [-0.2, 0) is 19.0 Å². The zero-order valence-electron chi connectivity index (χ0n) is 9.95. The van der Waals surface area contributed by atoms with Crippen LogP contribution < -0.4 is 5.73 Å². The number of carbonyl (C=O) groups is 1. The van der Waals surface area contributed by atoms with E-state index >= 15 is 0 Å². The normalized spacial score (nSPS) is 30.2. The molecule has 0 bridgehead atoms. The topological polar surface area (TPSA) is 107 Å². The first-order chi connectivity index (χ1) is 8.72. The summed E-state index contributed by atoms with van der Waals surface area (Å²) in [6, 6.07) is 0.